The van der Waals surface area contributed by atoms with E-state index in [0.717, 1.165) is 4.91 Å². The molecule has 0 fully saturated rings. The summed E-state index contributed by atoms with van der Waals surface area (Å²) in [5, 5.41) is 0. The average Bonchev–Trinajstić information content (AvgIpc) is 2.01. The van der Waals surface area contributed by atoms with E-state index >= 15 is 0 Å². The van der Waals surface area contributed by atoms with E-state index in [1.165, 1.54) is 0 Å². The second-order valence-corrected chi connectivity index (χ2v) is 5.83. The maximum Gasteiger partial charge on any atom is 0.189 e. The fraction of sp³-hybridized carbons (Fsp3) is 0.667. The Morgan fingerprint density at radius 3 is 2.20 bits per heavy atom. The molecule has 1 atom stereocenters. The summed E-state index contributed by atoms with van der Waals surface area (Å²) in [5.74, 6) is 0.451. The molecule has 0 N–H and O–H groups in total. The maximum absolute atomic E-state index is 11.8. The van der Waals surface area contributed by atoms with Crippen molar-refractivity contribution in [2.45, 2.75) is 47.1 Å². The molecule has 0 saturated heterocycles. The third kappa shape index (κ3) is 7.51. The second-order valence-electron chi connectivity index (χ2n) is 4.72. The highest BCUT2D eigenvalue weighted by atomic mass is 32.2. The van der Waals surface area contributed by atoms with Gasteiger partial charge in [-0.05, 0) is 39.7 Å². The van der Waals surface area contributed by atoms with Gasteiger partial charge in [0.15, 0.2) is 11.1 Å². The molecular weight excluding hydrogens is 208 g/mol. The van der Waals surface area contributed by atoms with Gasteiger partial charge in [-0.3, -0.25) is 4.18 Å². The lowest BCUT2D eigenvalue weighted by molar-refractivity contribution is 0.154. The summed E-state index contributed by atoms with van der Waals surface area (Å²) in [6.45, 7) is 11.7. The first kappa shape index (κ1) is 14.6. The van der Waals surface area contributed by atoms with Gasteiger partial charge in [-0.25, -0.2) is 4.21 Å². The van der Waals surface area contributed by atoms with Crippen LogP contribution in [0, 0.1) is 5.92 Å². The first-order valence-electron chi connectivity index (χ1n) is 5.22. The molecule has 15 heavy (non-hydrogen) atoms. The molecule has 3 heteroatoms. The van der Waals surface area contributed by atoms with Gasteiger partial charge >= 0.3 is 0 Å². The fourth-order valence-corrected chi connectivity index (χ4v) is 1.74. The van der Waals surface area contributed by atoms with Crippen LogP contribution in [0.5, 0.6) is 0 Å². The zero-order valence-electron chi connectivity index (χ0n) is 10.5. The molecule has 0 amide bonds. The Kier molecular flexibility index (Phi) is 6.06. The normalized spacial score (nSPS) is 16.3. The number of rotatable bonds is 4. The number of allylic oxidation sites excluding steroid dienone is 3. The van der Waals surface area contributed by atoms with E-state index in [1.54, 1.807) is 0 Å². The SMILES string of the molecule is C/C=C(\C=C/C(C)C)S(=O)OC(C)(C)C. The molecule has 0 heterocycles. The van der Waals surface area contributed by atoms with Crippen LogP contribution in [0.4, 0.5) is 0 Å². The Labute approximate surface area is 96.1 Å². The zero-order valence-corrected chi connectivity index (χ0v) is 11.4. The molecule has 0 aliphatic carbocycles. The maximum atomic E-state index is 11.8. The van der Waals surface area contributed by atoms with Crippen molar-refractivity contribution >= 4 is 11.1 Å². The predicted molar refractivity (Wildman–Crippen MR) is 66.7 cm³/mol. The van der Waals surface area contributed by atoms with Crippen molar-refractivity contribution in [2.24, 2.45) is 5.92 Å². The summed E-state index contributed by atoms with van der Waals surface area (Å²) < 4.78 is 17.1. The van der Waals surface area contributed by atoms with Crippen molar-refractivity contribution in [3.05, 3.63) is 23.1 Å². The molecule has 0 spiro atoms. The van der Waals surface area contributed by atoms with E-state index in [9.17, 15) is 4.21 Å². The molecule has 0 aliphatic heterocycles. The topological polar surface area (TPSA) is 26.3 Å². The minimum atomic E-state index is -1.37. The molecule has 0 aromatic rings. The van der Waals surface area contributed by atoms with E-state index in [-0.39, 0.29) is 5.60 Å². The first-order valence-corrected chi connectivity index (χ1v) is 6.29. The highest BCUT2D eigenvalue weighted by Gasteiger charge is 2.16. The predicted octanol–water partition coefficient (Wildman–Crippen LogP) is 3.58. The van der Waals surface area contributed by atoms with Crippen LogP contribution in [0.25, 0.3) is 0 Å². The summed E-state index contributed by atoms with van der Waals surface area (Å²) in [6, 6.07) is 0. The molecule has 2 nitrogen and oxygen atoms in total. The molecule has 0 saturated carbocycles. The molecule has 88 valence electrons. The Hall–Kier alpha value is -0.410. The van der Waals surface area contributed by atoms with E-state index in [1.807, 2.05) is 45.9 Å². The van der Waals surface area contributed by atoms with Crippen molar-refractivity contribution < 1.29 is 8.39 Å². The first-order chi connectivity index (χ1) is 6.76. The van der Waals surface area contributed by atoms with Gasteiger partial charge in [-0.2, -0.15) is 0 Å². The minimum Gasteiger partial charge on any atom is -0.281 e. The van der Waals surface area contributed by atoms with Gasteiger partial charge in [0.2, 0.25) is 0 Å². The van der Waals surface area contributed by atoms with Crippen molar-refractivity contribution in [1.82, 2.24) is 0 Å². The van der Waals surface area contributed by atoms with E-state index in [4.69, 9.17) is 4.18 Å². The summed E-state index contributed by atoms with van der Waals surface area (Å²) in [7, 11) is 0. The lowest BCUT2D eigenvalue weighted by Gasteiger charge is -2.18. The van der Waals surface area contributed by atoms with Gasteiger partial charge in [0.1, 0.15) is 0 Å². The smallest absolute Gasteiger partial charge is 0.189 e. The number of hydrogen-bond acceptors (Lipinski definition) is 2. The Bertz CT molecular complexity index is 270. The zero-order chi connectivity index (χ0) is 12.1. The van der Waals surface area contributed by atoms with E-state index in [2.05, 4.69) is 13.8 Å². The van der Waals surface area contributed by atoms with E-state index in [0.29, 0.717) is 5.92 Å². The highest BCUT2D eigenvalue weighted by Crippen LogP contribution is 2.16. The van der Waals surface area contributed by atoms with Crippen molar-refractivity contribution in [2.75, 3.05) is 0 Å². The van der Waals surface area contributed by atoms with Crippen LogP contribution in [0.2, 0.25) is 0 Å². The quantitative estimate of drug-likeness (QED) is 0.690. The second kappa shape index (κ2) is 6.23. The van der Waals surface area contributed by atoms with Crippen molar-refractivity contribution in [3.8, 4) is 0 Å². The molecule has 0 aromatic carbocycles. The summed E-state index contributed by atoms with van der Waals surface area (Å²) in [4.78, 5) is 0.721. The molecule has 1 unspecified atom stereocenters. The molecule has 0 bridgehead atoms. The standard InChI is InChI=1S/C12H22O2S/c1-7-11(9-8-10(2)3)15(13)14-12(4,5)6/h7-10H,1-6H3/b9-8-,11-7+. The molecule has 0 radical (unpaired) electrons. The summed E-state index contributed by atoms with van der Waals surface area (Å²) >= 11 is -1.37. The molecular formula is C12H22O2S. The van der Waals surface area contributed by atoms with Gasteiger partial charge in [-0.15, -0.1) is 0 Å². The van der Waals surface area contributed by atoms with Gasteiger partial charge < -0.3 is 0 Å². The highest BCUT2D eigenvalue weighted by molar-refractivity contribution is 7.84. The van der Waals surface area contributed by atoms with Gasteiger partial charge in [0, 0.05) is 0 Å². The van der Waals surface area contributed by atoms with Crippen LogP contribution in [0.15, 0.2) is 23.1 Å². The monoisotopic (exact) mass is 230 g/mol. The van der Waals surface area contributed by atoms with Crippen LogP contribution in [0.3, 0.4) is 0 Å². The van der Waals surface area contributed by atoms with Crippen molar-refractivity contribution in [1.29, 1.82) is 0 Å². The molecule has 0 aliphatic rings. The fourth-order valence-electron chi connectivity index (χ4n) is 0.810. The Morgan fingerprint density at radius 2 is 1.87 bits per heavy atom. The molecule has 0 rings (SSSR count). The van der Waals surface area contributed by atoms with Crippen molar-refractivity contribution in [3.63, 3.8) is 0 Å². The third-order valence-electron chi connectivity index (χ3n) is 1.45. The summed E-state index contributed by atoms with van der Waals surface area (Å²) in [6.07, 6.45) is 5.70. The van der Waals surface area contributed by atoms with Crippen LogP contribution >= 0.6 is 0 Å². The van der Waals surface area contributed by atoms with Crippen LogP contribution in [-0.2, 0) is 15.3 Å². The minimum absolute atomic E-state index is 0.384. The number of hydrogen-bond donors (Lipinski definition) is 0. The van der Waals surface area contributed by atoms with Crippen LogP contribution in [0.1, 0.15) is 41.5 Å². The van der Waals surface area contributed by atoms with Gasteiger partial charge in [-0.1, -0.05) is 26.0 Å². The third-order valence-corrected chi connectivity index (χ3v) is 2.86. The largest absolute Gasteiger partial charge is 0.281 e. The Balaban J connectivity index is 4.52. The van der Waals surface area contributed by atoms with Gasteiger partial charge in [0.25, 0.3) is 0 Å². The average molecular weight is 230 g/mol. The lowest BCUT2D eigenvalue weighted by atomic mass is 10.2. The van der Waals surface area contributed by atoms with Gasteiger partial charge in [0.05, 0.1) is 10.5 Å². The van der Waals surface area contributed by atoms with E-state index < -0.39 is 11.1 Å². The van der Waals surface area contributed by atoms with Crippen LogP contribution in [-0.4, -0.2) is 9.81 Å². The van der Waals surface area contributed by atoms with Crippen LogP contribution < -0.4 is 0 Å². The Morgan fingerprint density at radius 1 is 1.33 bits per heavy atom. The molecule has 0 aromatic heterocycles. The lowest BCUT2D eigenvalue weighted by Crippen LogP contribution is -2.20. The summed E-state index contributed by atoms with van der Waals surface area (Å²) in [5.41, 5.74) is -0.384.